The van der Waals surface area contributed by atoms with E-state index in [4.69, 9.17) is 5.73 Å². The number of halogens is 2. The van der Waals surface area contributed by atoms with Crippen molar-refractivity contribution in [3.8, 4) is 17.2 Å². The summed E-state index contributed by atoms with van der Waals surface area (Å²) in [6, 6.07) is 8.06. The molecule has 0 bridgehead atoms. The Hall–Kier alpha value is -3.48. The van der Waals surface area contributed by atoms with Crippen molar-refractivity contribution >= 4 is 43.2 Å². The number of rotatable bonds is 1. The number of aryl methyl sites for hydroxylation is 2. The number of nitrogen functional groups attached to an aromatic ring is 1. The highest BCUT2D eigenvalue weighted by atomic mass is 32.1. The third-order valence-electron chi connectivity index (χ3n) is 7.06. The average Bonchev–Trinajstić information content (AvgIpc) is 3.33. The third-order valence-corrected chi connectivity index (χ3v) is 8.09. The Morgan fingerprint density at radius 3 is 2.82 bits per heavy atom. The molecule has 1 fully saturated rings. The van der Waals surface area contributed by atoms with Gasteiger partial charge >= 0.3 is 0 Å². The van der Waals surface area contributed by atoms with Crippen molar-refractivity contribution in [2.24, 2.45) is 0 Å². The van der Waals surface area contributed by atoms with Crippen LogP contribution in [0.1, 0.15) is 28.0 Å². The molecule has 34 heavy (non-hydrogen) atoms. The quantitative estimate of drug-likeness (QED) is 0.426. The van der Waals surface area contributed by atoms with E-state index in [9.17, 15) is 14.4 Å². The van der Waals surface area contributed by atoms with E-state index in [0.717, 1.165) is 30.0 Å². The zero-order valence-electron chi connectivity index (χ0n) is 18.4. The molecule has 0 spiro atoms. The molecule has 0 aliphatic carbocycles. The molecule has 2 aromatic carbocycles. The Bertz CT molecular complexity index is 1560. The minimum atomic E-state index is -0.582. The van der Waals surface area contributed by atoms with E-state index >= 15 is 4.39 Å². The van der Waals surface area contributed by atoms with Gasteiger partial charge in [-0.15, -0.1) is 11.3 Å². The lowest BCUT2D eigenvalue weighted by molar-refractivity contribution is 0.0615. The van der Waals surface area contributed by atoms with E-state index in [-0.39, 0.29) is 32.8 Å². The first-order chi connectivity index (χ1) is 16.4. The van der Waals surface area contributed by atoms with Crippen molar-refractivity contribution in [1.29, 1.82) is 5.26 Å². The normalized spacial score (nSPS) is 18.1. The van der Waals surface area contributed by atoms with Crippen molar-refractivity contribution in [1.82, 2.24) is 14.8 Å². The molecule has 1 unspecified atom stereocenters. The monoisotopic (exact) mass is 477 g/mol. The fourth-order valence-electron chi connectivity index (χ4n) is 5.51. The van der Waals surface area contributed by atoms with Gasteiger partial charge in [-0.1, -0.05) is 6.07 Å². The standard InChI is InChI=1S/C25H21F2N5OS/c1-12-8-15-20(14-2-3-18(26)23-21(14)17(10-28)24(29)34-23)19(27)9-16-22(15)31(12)6-4-13-11-30-5-7-32(13)25(16)33/h2-3,8-9,13,30H,4-7,11,29H2,1H3. The lowest BCUT2D eigenvalue weighted by atomic mass is 9.93. The molecule has 2 aliphatic heterocycles. The zero-order chi connectivity index (χ0) is 23.7. The van der Waals surface area contributed by atoms with Gasteiger partial charge in [0.25, 0.3) is 5.91 Å². The van der Waals surface area contributed by atoms with Gasteiger partial charge in [0.2, 0.25) is 0 Å². The molecule has 2 aliphatic rings. The van der Waals surface area contributed by atoms with Crippen LogP contribution < -0.4 is 11.1 Å². The topological polar surface area (TPSA) is 87.1 Å². The molecule has 4 heterocycles. The first kappa shape index (κ1) is 21.1. The number of anilines is 1. The van der Waals surface area contributed by atoms with Crippen molar-refractivity contribution in [3.63, 3.8) is 0 Å². The minimum absolute atomic E-state index is 0.0534. The Kier molecular flexibility index (Phi) is 4.66. The highest BCUT2D eigenvalue weighted by molar-refractivity contribution is 7.23. The molecule has 1 saturated heterocycles. The second-order valence-corrected chi connectivity index (χ2v) is 9.93. The van der Waals surface area contributed by atoms with Crippen molar-refractivity contribution < 1.29 is 13.6 Å². The van der Waals surface area contributed by atoms with Gasteiger partial charge in [0.15, 0.2) is 0 Å². The van der Waals surface area contributed by atoms with E-state index in [1.807, 2.05) is 17.9 Å². The van der Waals surface area contributed by atoms with Gasteiger partial charge in [0.1, 0.15) is 22.7 Å². The molecular weight excluding hydrogens is 456 g/mol. The van der Waals surface area contributed by atoms with Crippen LogP contribution in [0.25, 0.3) is 32.1 Å². The van der Waals surface area contributed by atoms with Crippen LogP contribution in [0, 0.1) is 29.9 Å². The summed E-state index contributed by atoms with van der Waals surface area (Å²) < 4.78 is 32.8. The van der Waals surface area contributed by atoms with Crippen LogP contribution in [-0.4, -0.2) is 41.1 Å². The third kappa shape index (κ3) is 2.82. The van der Waals surface area contributed by atoms with Crippen LogP contribution in [-0.2, 0) is 6.54 Å². The van der Waals surface area contributed by atoms with Crippen LogP contribution in [0.5, 0.6) is 0 Å². The molecule has 172 valence electrons. The van der Waals surface area contributed by atoms with Gasteiger partial charge in [-0.25, -0.2) is 8.78 Å². The van der Waals surface area contributed by atoms with Crippen LogP contribution in [0.15, 0.2) is 24.3 Å². The molecular formula is C25H21F2N5OS. The maximum atomic E-state index is 15.9. The number of hydrogen-bond donors (Lipinski definition) is 2. The van der Waals surface area contributed by atoms with E-state index in [0.29, 0.717) is 47.1 Å². The number of carbonyl (C=O) groups excluding carboxylic acids is 1. The number of nitriles is 1. The number of aromatic nitrogens is 1. The van der Waals surface area contributed by atoms with Gasteiger partial charge in [-0.2, -0.15) is 5.26 Å². The second kappa shape index (κ2) is 7.52. The van der Waals surface area contributed by atoms with Gasteiger partial charge in [0.05, 0.1) is 21.3 Å². The average molecular weight is 478 g/mol. The van der Waals surface area contributed by atoms with Gasteiger partial charge in [0, 0.05) is 54.3 Å². The number of nitrogens with one attached hydrogen (secondary N) is 1. The van der Waals surface area contributed by atoms with Crippen molar-refractivity contribution in [2.45, 2.75) is 25.9 Å². The minimum Gasteiger partial charge on any atom is -0.389 e. The zero-order valence-corrected chi connectivity index (χ0v) is 19.2. The molecule has 6 rings (SSSR count). The molecule has 3 N–H and O–H groups in total. The summed E-state index contributed by atoms with van der Waals surface area (Å²) in [6.07, 6.45) is 0.788. The fourth-order valence-corrected chi connectivity index (χ4v) is 6.46. The summed E-state index contributed by atoms with van der Waals surface area (Å²) in [5, 5.41) is 14.1. The van der Waals surface area contributed by atoms with Gasteiger partial charge in [-0.05, 0) is 37.1 Å². The second-order valence-electron chi connectivity index (χ2n) is 8.88. The number of piperazine rings is 1. The molecule has 4 aromatic rings. The molecule has 0 radical (unpaired) electrons. The number of hydrogen-bond acceptors (Lipinski definition) is 5. The molecule has 1 atom stereocenters. The van der Waals surface area contributed by atoms with E-state index in [1.165, 1.54) is 18.2 Å². The number of fused-ring (bicyclic) bond motifs is 2. The Morgan fingerprint density at radius 1 is 1.21 bits per heavy atom. The summed E-state index contributed by atoms with van der Waals surface area (Å²) in [7, 11) is 0. The van der Waals surface area contributed by atoms with Gasteiger partial charge in [-0.3, -0.25) is 4.79 Å². The number of nitrogens with two attached hydrogens (primary N) is 1. The van der Waals surface area contributed by atoms with Crippen LogP contribution in [0.3, 0.4) is 0 Å². The molecule has 2 aromatic heterocycles. The maximum Gasteiger partial charge on any atom is 0.256 e. The van der Waals surface area contributed by atoms with Crippen molar-refractivity contribution in [3.05, 3.63) is 52.7 Å². The van der Waals surface area contributed by atoms with E-state index in [2.05, 4.69) is 16.0 Å². The number of carbonyl (C=O) groups is 1. The first-order valence-corrected chi connectivity index (χ1v) is 12.0. The Morgan fingerprint density at radius 2 is 2.03 bits per heavy atom. The summed E-state index contributed by atoms with van der Waals surface area (Å²) in [5.74, 6) is -1.27. The summed E-state index contributed by atoms with van der Waals surface area (Å²) >= 11 is 0.982. The smallest absolute Gasteiger partial charge is 0.256 e. The van der Waals surface area contributed by atoms with E-state index < -0.39 is 11.6 Å². The highest BCUT2D eigenvalue weighted by Gasteiger charge is 2.33. The number of thiophene rings is 1. The number of amides is 1. The van der Waals surface area contributed by atoms with E-state index in [1.54, 1.807) is 0 Å². The maximum absolute atomic E-state index is 15.9. The lowest BCUT2D eigenvalue weighted by Crippen LogP contribution is -2.54. The molecule has 6 nitrogen and oxygen atoms in total. The van der Waals surface area contributed by atoms with Gasteiger partial charge < -0.3 is 20.5 Å². The van der Waals surface area contributed by atoms with Crippen LogP contribution >= 0.6 is 11.3 Å². The fraction of sp³-hybridized carbons (Fsp3) is 0.280. The Labute approximate surface area is 198 Å². The predicted octanol–water partition coefficient (Wildman–Crippen LogP) is 4.38. The summed E-state index contributed by atoms with van der Waals surface area (Å²) in [6.45, 7) is 4.63. The van der Waals surface area contributed by atoms with Crippen LogP contribution in [0.2, 0.25) is 0 Å². The van der Waals surface area contributed by atoms with Crippen LogP contribution in [0.4, 0.5) is 13.8 Å². The SMILES string of the molecule is Cc1cc2c(-c3ccc(F)c4sc(N)c(C#N)c34)c(F)cc3c2n1CCC1CNCCN1C3=O. The lowest BCUT2D eigenvalue weighted by Gasteiger charge is -2.38. The molecule has 1 amide bonds. The number of nitrogens with zero attached hydrogens (tertiary/aromatic N) is 3. The first-order valence-electron chi connectivity index (χ1n) is 11.2. The predicted molar refractivity (Wildman–Crippen MR) is 129 cm³/mol. The summed E-state index contributed by atoms with van der Waals surface area (Å²) in [4.78, 5) is 15.4. The highest BCUT2D eigenvalue weighted by Crippen LogP contribution is 2.45. The number of benzene rings is 2. The summed E-state index contributed by atoms with van der Waals surface area (Å²) in [5.41, 5.74) is 8.73. The largest absolute Gasteiger partial charge is 0.389 e. The molecule has 9 heteroatoms. The molecule has 0 saturated carbocycles. The Balaban J connectivity index is 1.69. The van der Waals surface area contributed by atoms with Crippen molar-refractivity contribution in [2.75, 3.05) is 25.4 Å².